The first-order valence-corrected chi connectivity index (χ1v) is 5.57. The minimum atomic E-state index is -0.899. The minimum absolute atomic E-state index is 0.111. The molecule has 0 fully saturated rings. The van der Waals surface area contributed by atoms with E-state index in [9.17, 15) is 9.90 Å². The molecule has 0 aliphatic carbocycles. The summed E-state index contributed by atoms with van der Waals surface area (Å²) in [5.41, 5.74) is 1.15. The van der Waals surface area contributed by atoms with E-state index in [1.165, 1.54) is 0 Å². The minimum Gasteiger partial charge on any atom is -0.384 e. The summed E-state index contributed by atoms with van der Waals surface area (Å²) >= 11 is 0. The molecule has 1 aromatic rings. The molecule has 0 saturated carbocycles. The highest BCUT2D eigenvalue weighted by Gasteiger charge is 2.17. The highest BCUT2D eigenvalue weighted by atomic mass is 16.3. The van der Waals surface area contributed by atoms with Crippen molar-refractivity contribution < 1.29 is 9.90 Å². The summed E-state index contributed by atoms with van der Waals surface area (Å²) < 4.78 is 0. The molecule has 1 unspecified atom stereocenters. The number of nitrogens with one attached hydrogen (secondary N) is 1. The number of carbonyl (C=O) groups is 1. The molecule has 1 rings (SSSR count). The summed E-state index contributed by atoms with van der Waals surface area (Å²) in [5.74, 6) is -0.228. The van der Waals surface area contributed by atoms with Crippen LogP contribution in [0.2, 0.25) is 0 Å². The van der Waals surface area contributed by atoms with Crippen molar-refractivity contribution in [3.63, 3.8) is 0 Å². The maximum atomic E-state index is 11.4. The average Bonchev–Trinajstić information content (AvgIpc) is 2.29. The molecule has 2 N–H and O–H groups in total. The lowest BCUT2D eigenvalue weighted by Gasteiger charge is -2.12. The van der Waals surface area contributed by atoms with Crippen LogP contribution in [0.15, 0.2) is 30.3 Å². The van der Waals surface area contributed by atoms with Crippen LogP contribution in [0, 0.1) is 5.92 Å². The summed E-state index contributed by atoms with van der Waals surface area (Å²) in [5, 5.41) is 12.6. The van der Waals surface area contributed by atoms with Crippen LogP contribution >= 0.6 is 0 Å². The molecule has 0 aliphatic rings. The monoisotopic (exact) mass is 221 g/mol. The molecule has 3 heteroatoms. The normalized spacial score (nSPS) is 12.8. The molecule has 1 atom stereocenters. The van der Waals surface area contributed by atoms with E-state index >= 15 is 0 Å². The topological polar surface area (TPSA) is 49.3 Å². The van der Waals surface area contributed by atoms with Crippen molar-refractivity contribution >= 4 is 5.78 Å². The Morgan fingerprint density at radius 2 is 1.94 bits per heavy atom. The van der Waals surface area contributed by atoms with Gasteiger partial charge >= 0.3 is 0 Å². The molecular weight excluding hydrogens is 202 g/mol. The molecule has 16 heavy (non-hydrogen) atoms. The van der Waals surface area contributed by atoms with E-state index in [0.717, 1.165) is 5.56 Å². The fraction of sp³-hybridized carbons (Fsp3) is 0.462. The SMILES string of the molecule is CC(C)C(=O)C(O)CNCc1ccccc1. The largest absolute Gasteiger partial charge is 0.384 e. The number of aliphatic hydroxyl groups is 1. The number of aliphatic hydroxyl groups excluding tert-OH is 1. The standard InChI is InChI=1S/C13H19NO2/c1-10(2)13(16)12(15)9-14-8-11-6-4-3-5-7-11/h3-7,10,12,14-15H,8-9H2,1-2H3. The Morgan fingerprint density at radius 1 is 1.31 bits per heavy atom. The third-order valence-electron chi connectivity index (χ3n) is 2.41. The predicted molar refractivity (Wildman–Crippen MR) is 64.0 cm³/mol. The van der Waals surface area contributed by atoms with Crippen LogP contribution in [-0.4, -0.2) is 23.5 Å². The second kappa shape index (κ2) is 6.40. The van der Waals surface area contributed by atoms with Crippen LogP contribution in [0.3, 0.4) is 0 Å². The first kappa shape index (κ1) is 12.9. The van der Waals surface area contributed by atoms with E-state index in [1.54, 1.807) is 13.8 Å². The molecule has 0 aromatic heterocycles. The van der Waals surface area contributed by atoms with E-state index in [-0.39, 0.29) is 11.7 Å². The van der Waals surface area contributed by atoms with Crippen molar-refractivity contribution in [3.8, 4) is 0 Å². The van der Waals surface area contributed by atoms with Crippen molar-refractivity contribution in [2.45, 2.75) is 26.5 Å². The van der Waals surface area contributed by atoms with Gasteiger partial charge in [-0.1, -0.05) is 44.2 Å². The lowest BCUT2D eigenvalue weighted by molar-refractivity contribution is -0.129. The number of carbonyl (C=O) groups excluding carboxylic acids is 1. The van der Waals surface area contributed by atoms with Crippen molar-refractivity contribution in [1.82, 2.24) is 5.32 Å². The second-order valence-corrected chi connectivity index (χ2v) is 4.19. The van der Waals surface area contributed by atoms with Crippen molar-refractivity contribution in [2.24, 2.45) is 5.92 Å². The fourth-order valence-electron chi connectivity index (χ4n) is 1.43. The maximum absolute atomic E-state index is 11.4. The lowest BCUT2D eigenvalue weighted by atomic mass is 10.0. The highest BCUT2D eigenvalue weighted by Crippen LogP contribution is 2.00. The van der Waals surface area contributed by atoms with Crippen LogP contribution < -0.4 is 5.32 Å². The van der Waals surface area contributed by atoms with E-state index in [2.05, 4.69) is 5.32 Å². The van der Waals surface area contributed by atoms with Gasteiger partial charge in [-0.3, -0.25) is 4.79 Å². The predicted octanol–water partition coefficient (Wildman–Crippen LogP) is 1.36. The average molecular weight is 221 g/mol. The van der Waals surface area contributed by atoms with Gasteiger partial charge in [0.2, 0.25) is 0 Å². The Kier molecular flexibility index (Phi) is 5.15. The van der Waals surface area contributed by atoms with Crippen LogP contribution in [0.25, 0.3) is 0 Å². The lowest BCUT2D eigenvalue weighted by Crippen LogP contribution is -2.35. The van der Waals surface area contributed by atoms with Crippen LogP contribution in [0.4, 0.5) is 0 Å². The van der Waals surface area contributed by atoms with E-state index in [0.29, 0.717) is 13.1 Å². The number of rotatable bonds is 6. The number of hydrogen-bond acceptors (Lipinski definition) is 3. The second-order valence-electron chi connectivity index (χ2n) is 4.19. The molecule has 3 nitrogen and oxygen atoms in total. The molecule has 0 heterocycles. The number of hydrogen-bond donors (Lipinski definition) is 2. The summed E-state index contributed by atoms with van der Waals surface area (Å²) in [4.78, 5) is 11.4. The quantitative estimate of drug-likeness (QED) is 0.762. The van der Waals surface area contributed by atoms with Crippen LogP contribution in [0.5, 0.6) is 0 Å². The highest BCUT2D eigenvalue weighted by molar-refractivity contribution is 5.84. The first-order chi connectivity index (χ1) is 7.61. The summed E-state index contributed by atoms with van der Waals surface area (Å²) in [6.45, 7) is 4.57. The Labute approximate surface area is 96.5 Å². The zero-order valence-corrected chi connectivity index (χ0v) is 9.81. The molecule has 1 aromatic carbocycles. The number of ketones is 1. The van der Waals surface area contributed by atoms with Crippen molar-refractivity contribution in [2.75, 3.05) is 6.54 Å². The Balaban J connectivity index is 2.28. The zero-order chi connectivity index (χ0) is 12.0. The van der Waals surface area contributed by atoms with Gasteiger partial charge in [-0.05, 0) is 5.56 Å². The van der Waals surface area contributed by atoms with E-state index in [4.69, 9.17) is 0 Å². The summed E-state index contributed by atoms with van der Waals surface area (Å²) in [6, 6.07) is 9.90. The third-order valence-corrected chi connectivity index (χ3v) is 2.41. The van der Waals surface area contributed by atoms with E-state index in [1.807, 2.05) is 30.3 Å². The molecule has 0 aliphatic heterocycles. The zero-order valence-electron chi connectivity index (χ0n) is 9.81. The van der Waals surface area contributed by atoms with Crippen LogP contribution in [-0.2, 0) is 11.3 Å². The molecule has 88 valence electrons. The maximum Gasteiger partial charge on any atom is 0.165 e. The van der Waals surface area contributed by atoms with Gasteiger partial charge < -0.3 is 10.4 Å². The van der Waals surface area contributed by atoms with Gasteiger partial charge in [0.25, 0.3) is 0 Å². The van der Waals surface area contributed by atoms with Gasteiger partial charge in [-0.15, -0.1) is 0 Å². The molecule has 0 radical (unpaired) electrons. The molecule has 0 saturated heterocycles. The van der Waals surface area contributed by atoms with Gasteiger partial charge in [-0.2, -0.15) is 0 Å². The van der Waals surface area contributed by atoms with Crippen molar-refractivity contribution in [3.05, 3.63) is 35.9 Å². The van der Waals surface area contributed by atoms with Gasteiger partial charge in [0, 0.05) is 19.0 Å². The molecule has 0 amide bonds. The third kappa shape index (κ3) is 4.13. The van der Waals surface area contributed by atoms with Gasteiger partial charge in [-0.25, -0.2) is 0 Å². The van der Waals surface area contributed by atoms with Crippen molar-refractivity contribution in [1.29, 1.82) is 0 Å². The molecule has 0 bridgehead atoms. The number of Topliss-reactive ketones (excluding diaryl/α,β-unsaturated/α-hetero) is 1. The first-order valence-electron chi connectivity index (χ1n) is 5.57. The van der Waals surface area contributed by atoms with Crippen LogP contribution in [0.1, 0.15) is 19.4 Å². The van der Waals surface area contributed by atoms with Gasteiger partial charge in [0.05, 0.1) is 0 Å². The molecule has 0 spiro atoms. The summed E-state index contributed by atoms with van der Waals surface area (Å²) in [7, 11) is 0. The number of benzene rings is 1. The van der Waals surface area contributed by atoms with Gasteiger partial charge in [0.1, 0.15) is 6.10 Å². The Morgan fingerprint density at radius 3 is 2.50 bits per heavy atom. The Hall–Kier alpha value is -1.19. The Bertz CT molecular complexity index is 322. The smallest absolute Gasteiger partial charge is 0.165 e. The summed E-state index contributed by atoms with van der Waals surface area (Å²) in [6.07, 6.45) is -0.899. The fourth-order valence-corrected chi connectivity index (χ4v) is 1.43. The van der Waals surface area contributed by atoms with E-state index < -0.39 is 6.10 Å². The van der Waals surface area contributed by atoms with Gasteiger partial charge in [0.15, 0.2) is 5.78 Å². The molecular formula is C13H19NO2.